The molecule has 0 aromatic rings. The molecule has 0 rings (SSSR count). The van der Waals surface area contributed by atoms with Gasteiger partial charge in [-0.3, -0.25) is 0 Å². The van der Waals surface area contributed by atoms with Gasteiger partial charge in [-0.2, -0.15) is 0 Å². The lowest BCUT2D eigenvalue weighted by Gasteiger charge is -2.20. The molecular weight excluding hydrogens is 200 g/mol. The van der Waals surface area contributed by atoms with Crippen LogP contribution in [0.1, 0.15) is 41.5 Å². The van der Waals surface area contributed by atoms with Crippen LogP contribution in [0.4, 0.5) is 0 Å². The Kier molecular flexibility index (Phi) is 7.98. The van der Waals surface area contributed by atoms with Crippen LogP contribution in [0.25, 0.3) is 0 Å². The number of rotatable bonds is 8. The van der Waals surface area contributed by atoms with Crippen LogP contribution in [0.5, 0.6) is 0 Å². The number of hydrogen-bond acceptors (Lipinski definition) is 3. The van der Waals surface area contributed by atoms with Gasteiger partial charge < -0.3 is 15.4 Å². The molecule has 16 heavy (non-hydrogen) atoms. The lowest BCUT2D eigenvalue weighted by atomic mass is 10.1. The van der Waals surface area contributed by atoms with Crippen molar-refractivity contribution in [1.82, 2.24) is 10.6 Å². The van der Waals surface area contributed by atoms with E-state index in [1.54, 1.807) is 0 Å². The van der Waals surface area contributed by atoms with Gasteiger partial charge in [0.1, 0.15) is 0 Å². The second-order valence-corrected chi connectivity index (χ2v) is 5.78. The topological polar surface area (TPSA) is 33.3 Å². The SMILES string of the molecule is CC(C)[C@H](C)NCCOCCNC(C)(C)C. The van der Waals surface area contributed by atoms with Crippen molar-refractivity contribution < 1.29 is 4.74 Å². The van der Waals surface area contributed by atoms with Gasteiger partial charge in [0, 0.05) is 24.7 Å². The van der Waals surface area contributed by atoms with Crippen molar-refractivity contribution in [2.45, 2.75) is 53.1 Å². The highest BCUT2D eigenvalue weighted by atomic mass is 16.5. The van der Waals surface area contributed by atoms with Gasteiger partial charge in [-0.15, -0.1) is 0 Å². The van der Waals surface area contributed by atoms with Crippen LogP contribution in [0.3, 0.4) is 0 Å². The Morgan fingerprint density at radius 2 is 1.56 bits per heavy atom. The maximum absolute atomic E-state index is 5.53. The van der Waals surface area contributed by atoms with Crippen molar-refractivity contribution in [3.05, 3.63) is 0 Å². The Hall–Kier alpha value is -0.120. The van der Waals surface area contributed by atoms with Gasteiger partial charge in [0.2, 0.25) is 0 Å². The second-order valence-electron chi connectivity index (χ2n) is 5.78. The number of ether oxygens (including phenoxy) is 1. The molecule has 0 radical (unpaired) electrons. The van der Waals surface area contributed by atoms with Gasteiger partial charge in [-0.05, 0) is 33.6 Å². The van der Waals surface area contributed by atoms with Gasteiger partial charge in [-0.25, -0.2) is 0 Å². The molecule has 0 aromatic heterocycles. The van der Waals surface area contributed by atoms with Crippen molar-refractivity contribution >= 4 is 0 Å². The Labute approximate surface area is 101 Å². The van der Waals surface area contributed by atoms with Crippen molar-refractivity contribution in [2.75, 3.05) is 26.3 Å². The predicted molar refractivity (Wildman–Crippen MR) is 70.9 cm³/mol. The van der Waals surface area contributed by atoms with E-state index in [1.165, 1.54) is 0 Å². The molecule has 0 spiro atoms. The molecule has 0 bridgehead atoms. The minimum atomic E-state index is 0.188. The molecule has 0 saturated heterocycles. The van der Waals surface area contributed by atoms with E-state index in [2.05, 4.69) is 52.2 Å². The van der Waals surface area contributed by atoms with E-state index in [0.29, 0.717) is 12.0 Å². The Balaban J connectivity index is 3.22. The first-order valence-electron chi connectivity index (χ1n) is 6.39. The summed E-state index contributed by atoms with van der Waals surface area (Å²) in [5.74, 6) is 0.683. The summed E-state index contributed by atoms with van der Waals surface area (Å²) in [5, 5.41) is 6.84. The average Bonchev–Trinajstić information content (AvgIpc) is 2.14. The van der Waals surface area contributed by atoms with E-state index in [1.807, 2.05) is 0 Å². The largest absolute Gasteiger partial charge is 0.379 e. The Morgan fingerprint density at radius 3 is 2.06 bits per heavy atom. The third-order valence-electron chi connectivity index (χ3n) is 2.61. The quantitative estimate of drug-likeness (QED) is 0.626. The minimum absolute atomic E-state index is 0.188. The van der Waals surface area contributed by atoms with Gasteiger partial charge in [0.25, 0.3) is 0 Å². The van der Waals surface area contributed by atoms with Gasteiger partial charge in [0.05, 0.1) is 13.2 Å². The molecule has 0 aliphatic heterocycles. The van der Waals surface area contributed by atoms with Crippen LogP contribution in [0.2, 0.25) is 0 Å². The third kappa shape index (κ3) is 10.4. The lowest BCUT2D eigenvalue weighted by molar-refractivity contribution is 0.129. The summed E-state index contributed by atoms with van der Waals surface area (Å²) in [7, 11) is 0. The second kappa shape index (κ2) is 8.04. The molecule has 0 fully saturated rings. The van der Waals surface area contributed by atoms with Gasteiger partial charge >= 0.3 is 0 Å². The zero-order chi connectivity index (χ0) is 12.6. The zero-order valence-electron chi connectivity index (χ0n) is 11.9. The average molecular weight is 230 g/mol. The molecule has 0 aliphatic rings. The monoisotopic (exact) mass is 230 g/mol. The molecule has 3 nitrogen and oxygen atoms in total. The minimum Gasteiger partial charge on any atom is -0.379 e. The lowest BCUT2D eigenvalue weighted by Crippen LogP contribution is -2.38. The summed E-state index contributed by atoms with van der Waals surface area (Å²) in [6.07, 6.45) is 0. The Morgan fingerprint density at radius 1 is 1.00 bits per heavy atom. The molecule has 1 atom stereocenters. The highest BCUT2D eigenvalue weighted by molar-refractivity contribution is 4.69. The van der Waals surface area contributed by atoms with Crippen LogP contribution >= 0.6 is 0 Å². The summed E-state index contributed by atoms with van der Waals surface area (Å²) in [6.45, 7) is 16.6. The first-order valence-corrected chi connectivity index (χ1v) is 6.39. The fourth-order valence-corrected chi connectivity index (χ4v) is 1.19. The van der Waals surface area contributed by atoms with Crippen LogP contribution in [0, 0.1) is 5.92 Å². The third-order valence-corrected chi connectivity index (χ3v) is 2.61. The fourth-order valence-electron chi connectivity index (χ4n) is 1.19. The molecule has 98 valence electrons. The summed E-state index contributed by atoms with van der Waals surface area (Å²) in [4.78, 5) is 0. The standard InChI is InChI=1S/C13H30N2O/c1-11(2)12(3)14-7-9-16-10-8-15-13(4,5)6/h11-12,14-15H,7-10H2,1-6H3/t12-/m0/s1. The fraction of sp³-hybridized carbons (Fsp3) is 1.00. The van der Waals surface area contributed by atoms with E-state index in [9.17, 15) is 0 Å². The van der Waals surface area contributed by atoms with Crippen molar-refractivity contribution in [2.24, 2.45) is 5.92 Å². The normalized spacial score (nSPS) is 14.4. The van der Waals surface area contributed by atoms with E-state index in [0.717, 1.165) is 26.3 Å². The first kappa shape index (κ1) is 15.9. The van der Waals surface area contributed by atoms with Crippen molar-refractivity contribution in [3.8, 4) is 0 Å². The smallest absolute Gasteiger partial charge is 0.0591 e. The summed E-state index contributed by atoms with van der Waals surface area (Å²) in [6, 6.07) is 0.566. The Bertz CT molecular complexity index is 164. The highest BCUT2D eigenvalue weighted by Crippen LogP contribution is 1.98. The summed E-state index contributed by atoms with van der Waals surface area (Å²) >= 11 is 0. The van der Waals surface area contributed by atoms with E-state index in [-0.39, 0.29) is 5.54 Å². The number of nitrogens with one attached hydrogen (secondary N) is 2. The van der Waals surface area contributed by atoms with Crippen molar-refractivity contribution in [1.29, 1.82) is 0 Å². The zero-order valence-corrected chi connectivity index (χ0v) is 11.9. The van der Waals surface area contributed by atoms with Gasteiger partial charge in [0.15, 0.2) is 0 Å². The number of hydrogen-bond donors (Lipinski definition) is 2. The van der Waals surface area contributed by atoms with E-state index < -0.39 is 0 Å². The first-order chi connectivity index (χ1) is 7.33. The van der Waals surface area contributed by atoms with Crippen LogP contribution < -0.4 is 10.6 Å². The summed E-state index contributed by atoms with van der Waals surface area (Å²) in [5.41, 5.74) is 0.188. The molecule has 0 unspecified atom stereocenters. The van der Waals surface area contributed by atoms with Crippen LogP contribution in [0.15, 0.2) is 0 Å². The van der Waals surface area contributed by atoms with E-state index in [4.69, 9.17) is 4.74 Å². The van der Waals surface area contributed by atoms with Crippen molar-refractivity contribution in [3.63, 3.8) is 0 Å². The molecule has 0 saturated carbocycles. The summed E-state index contributed by atoms with van der Waals surface area (Å²) < 4.78 is 5.53. The molecule has 0 heterocycles. The van der Waals surface area contributed by atoms with Crippen LogP contribution in [-0.4, -0.2) is 37.9 Å². The molecule has 0 amide bonds. The maximum Gasteiger partial charge on any atom is 0.0591 e. The molecule has 0 aromatic carbocycles. The molecular formula is C13H30N2O. The van der Waals surface area contributed by atoms with E-state index >= 15 is 0 Å². The maximum atomic E-state index is 5.53. The predicted octanol–water partition coefficient (Wildman–Crippen LogP) is 2.03. The van der Waals surface area contributed by atoms with Gasteiger partial charge in [-0.1, -0.05) is 13.8 Å². The molecule has 0 aliphatic carbocycles. The molecule has 3 heteroatoms. The highest BCUT2D eigenvalue weighted by Gasteiger charge is 2.07. The van der Waals surface area contributed by atoms with Crippen LogP contribution in [-0.2, 0) is 4.74 Å². The molecule has 2 N–H and O–H groups in total.